The van der Waals surface area contributed by atoms with Gasteiger partial charge in [0, 0.05) is 12.3 Å². The summed E-state index contributed by atoms with van der Waals surface area (Å²) in [7, 11) is -4.37. The molecule has 1 unspecified atom stereocenters. The van der Waals surface area contributed by atoms with Gasteiger partial charge in [0.15, 0.2) is 6.29 Å². The highest BCUT2D eigenvalue weighted by atomic mass is 31.2. The molecule has 1 amide bonds. The van der Waals surface area contributed by atoms with E-state index in [4.69, 9.17) is 23.7 Å². The number of hydrogen-bond donors (Lipinski definition) is 6. The van der Waals surface area contributed by atoms with Gasteiger partial charge in [0.2, 0.25) is 5.91 Å². The Balaban J connectivity index is 1.65. The number of phosphoric acid groups is 1. The molecular formula is C32H62NO11P. The zero-order valence-corrected chi connectivity index (χ0v) is 28.3. The van der Waals surface area contributed by atoms with Gasteiger partial charge in [0.1, 0.15) is 12.2 Å². The van der Waals surface area contributed by atoms with E-state index in [0.29, 0.717) is 19.3 Å². The average molecular weight is 668 g/mol. The number of hydrogen-bond acceptors (Lipinski definition) is 10. The highest BCUT2D eigenvalue weighted by Gasteiger charge is 2.47. The molecule has 13 heteroatoms. The molecule has 1 heterocycles. The number of aliphatic hydroxyl groups excluding tert-OH is 3. The SMILES string of the molecule is CCCCCCCCCCCCCCCCCCOP(=O)(O)O[C@@H]1CCCC[C@@H]1O[C@@H]1O[C@H](CO)[C@@H](O)[C@H](O)[C@H]1CC(=O)NO. The lowest BCUT2D eigenvalue weighted by atomic mass is 9.87. The van der Waals surface area contributed by atoms with Crippen LogP contribution in [0.15, 0.2) is 0 Å². The first-order chi connectivity index (χ1) is 21.7. The summed E-state index contributed by atoms with van der Waals surface area (Å²) in [6.45, 7) is 1.76. The second-order valence-electron chi connectivity index (χ2n) is 12.8. The van der Waals surface area contributed by atoms with Crippen LogP contribution in [0.3, 0.4) is 0 Å². The average Bonchev–Trinajstić information content (AvgIpc) is 3.02. The third kappa shape index (κ3) is 16.3. The molecule has 1 aliphatic heterocycles. The number of carbonyl (C=O) groups is 1. The van der Waals surface area contributed by atoms with Gasteiger partial charge in [-0.3, -0.25) is 19.0 Å². The fourth-order valence-electron chi connectivity index (χ4n) is 6.29. The van der Waals surface area contributed by atoms with Gasteiger partial charge in [-0.1, -0.05) is 116 Å². The highest BCUT2D eigenvalue weighted by Crippen LogP contribution is 2.47. The van der Waals surface area contributed by atoms with Gasteiger partial charge >= 0.3 is 7.82 Å². The Bertz CT molecular complexity index is 822. The maximum Gasteiger partial charge on any atom is 0.472 e. The molecule has 0 aromatic carbocycles. The van der Waals surface area contributed by atoms with E-state index in [-0.39, 0.29) is 6.61 Å². The second kappa shape index (κ2) is 23.6. The molecule has 0 spiro atoms. The minimum Gasteiger partial charge on any atom is -0.394 e. The molecular weight excluding hydrogens is 605 g/mol. The molecule has 2 aliphatic rings. The number of nitrogens with one attached hydrogen (secondary N) is 1. The van der Waals surface area contributed by atoms with Crippen molar-refractivity contribution in [1.82, 2.24) is 5.48 Å². The smallest absolute Gasteiger partial charge is 0.394 e. The van der Waals surface area contributed by atoms with Crippen molar-refractivity contribution in [1.29, 1.82) is 0 Å². The summed E-state index contributed by atoms with van der Waals surface area (Å²) in [6, 6.07) is 0. The maximum atomic E-state index is 12.8. The van der Waals surface area contributed by atoms with Gasteiger partial charge in [0.25, 0.3) is 0 Å². The molecule has 0 bridgehead atoms. The summed E-state index contributed by atoms with van der Waals surface area (Å²) in [6.07, 6.45) is 14.9. The van der Waals surface area contributed by atoms with E-state index in [2.05, 4.69) is 6.92 Å². The minimum atomic E-state index is -4.37. The number of aliphatic hydroxyl groups is 3. The normalized spacial score (nSPS) is 28.5. The Hall–Kier alpha value is -0.660. The van der Waals surface area contributed by atoms with Crippen molar-refractivity contribution in [3.63, 3.8) is 0 Å². The van der Waals surface area contributed by atoms with E-state index < -0.39 is 69.5 Å². The Labute approximate surface area is 270 Å². The number of ether oxygens (including phenoxy) is 2. The number of unbranched alkanes of at least 4 members (excludes halogenated alkanes) is 15. The van der Waals surface area contributed by atoms with Crippen LogP contribution in [-0.4, -0.2) is 81.4 Å². The summed E-state index contributed by atoms with van der Waals surface area (Å²) in [4.78, 5) is 22.3. The third-order valence-electron chi connectivity index (χ3n) is 9.03. The minimum absolute atomic E-state index is 0.108. The molecule has 8 atom stereocenters. The van der Waals surface area contributed by atoms with Crippen molar-refractivity contribution in [2.75, 3.05) is 13.2 Å². The van der Waals surface area contributed by atoms with Crippen LogP contribution in [0.2, 0.25) is 0 Å². The maximum absolute atomic E-state index is 12.8. The van der Waals surface area contributed by atoms with E-state index in [1.54, 1.807) is 0 Å². The van der Waals surface area contributed by atoms with Crippen molar-refractivity contribution >= 4 is 13.7 Å². The molecule has 6 N–H and O–H groups in total. The van der Waals surface area contributed by atoms with Crippen LogP contribution >= 0.6 is 7.82 Å². The lowest BCUT2D eigenvalue weighted by Gasteiger charge is -2.44. The summed E-state index contributed by atoms with van der Waals surface area (Å²) in [5.74, 6) is -1.88. The topological polar surface area (TPSA) is 184 Å². The van der Waals surface area contributed by atoms with Gasteiger partial charge < -0.3 is 29.7 Å². The van der Waals surface area contributed by atoms with Crippen molar-refractivity contribution in [2.24, 2.45) is 5.92 Å². The van der Waals surface area contributed by atoms with Crippen LogP contribution in [0, 0.1) is 5.92 Å². The monoisotopic (exact) mass is 667 g/mol. The summed E-state index contributed by atoms with van der Waals surface area (Å²) in [5, 5.41) is 39.4. The molecule has 266 valence electrons. The molecule has 0 aromatic heterocycles. The lowest BCUT2D eigenvalue weighted by molar-refractivity contribution is -0.305. The number of phosphoric ester groups is 1. The fourth-order valence-corrected chi connectivity index (χ4v) is 7.30. The first kappa shape index (κ1) is 40.5. The van der Waals surface area contributed by atoms with E-state index in [1.165, 1.54) is 82.5 Å². The van der Waals surface area contributed by atoms with Crippen molar-refractivity contribution in [3.05, 3.63) is 0 Å². The van der Waals surface area contributed by atoms with Crippen LogP contribution in [0.25, 0.3) is 0 Å². The number of carbonyl (C=O) groups excluding carboxylic acids is 1. The molecule has 1 aliphatic carbocycles. The molecule has 2 fully saturated rings. The molecule has 2 rings (SSSR count). The standard InChI is InChI=1S/C32H62NO11P/c1-2-3-4-5-6-7-8-9-10-11-12-13-14-15-16-19-22-41-45(39,40)44-27-21-18-17-20-26(27)42-32-25(23-29(35)33-38)30(36)31(37)28(24-34)43-32/h25-28,30-32,34,36-38H,2-24H2,1H3,(H,33,35)(H,39,40)/t25-,26+,27-,28-,30-,31-,32-/m1/s1. The second-order valence-corrected chi connectivity index (χ2v) is 14.2. The number of rotatable bonds is 25. The third-order valence-corrected chi connectivity index (χ3v) is 10.1. The number of hydroxylamine groups is 1. The van der Waals surface area contributed by atoms with Gasteiger partial charge in [-0.15, -0.1) is 0 Å². The zero-order chi connectivity index (χ0) is 32.9. The molecule has 45 heavy (non-hydrogen) atoms. The summed E-state index contributed by atoms with van der Waals surface area (Å²) >= 11 is 0. The molecule has 1 saturated carbocycles. The fraction of sp³-hybridized carbons (Fsp3) is 0.969. The van der Waals surface area contributed by atoms with Gasteiger partial charge in [-0.2, -0.15) is 0 Å². The van der Waals surface area contributed by atoms with E-state index in [9.17, 15) is 29.6 Å². The predicted molar refractivity (Wildman–Crippen MR) is 169 cm³/mol. The van der Waals surface area contributed by atoms with E-state index >= 15 is 0 Å². The summed E-state index contributed by atoms with van der Waals surface area (Å²) in [5.41, 5.74) is 1.49. The van der Waals surface area contributed by atoms with Gasteiger partial charge in [0.05, 0.1) is 31.5 Å². The van der Waals surface area contributed by atoms with Gasteiger partial charge in [-0.05, 0) is 19.3 Å². The van der Waals surface area contributed by atoms with Crippen molar-refractivity contribution in [3.8, 4) is 0 Å². The van der Waals surface area contributed by atoms with Crippen LogP contribution < -0.4 is 5.48 Å². The molecule has 0 radical (unpaired) electrons. The first-order valence-electron chi connectivity index (χ1n) is 17.6. The number of amides is 1. The zero-order valence-electron chi connectivity index (χ0n) is 27.4. The Kier molecular flexibility index (Phi) is 21.3. The Morgan fingerprint density at radius 1 is 0.822 bits per heavy atom. The van der Waals surface area contributed by atoms with Crippen LogP contribution in [0.5, 0.6) is 0 Å². The van der Waals surface area contributed by atoms with E-state index in [0.717, 1.165) is 32.1 Å². The Morgan fingerprint density at radius 3 is 1.84 bits per heavy atom. The molecule has 0 aromatic rings. The first-order valence-corrected chi connectivity index (χ1v) is 19.1. The molecule has 1 saturated heterocycles. The lowest BCUT2D eigenvalue weighted by Crippen LogP contribution is -2.58. The van der Waals surface area contributed by atoms with Crippen molar-refractivity contribution in [2.45, 2.75) is 179 Å². The predicted octanol–water partition coefficient (Wildman–Crippen LogP) is 5.66. The van der Waals surface area contributed by atoms with Crippen molar-refractivity contribution < 1.29 is 53.3 Å². The highest BCUT2D eigenvalue weighted by molar-refractivity contribution is 7.47. The Morgan fingerprint density at radius 2 is 1.33 bits per heavy atom. The summed E-state index contributed by atoms with van der Waals surface area (Å²) < 4.78 is 35.3. The van der Waals surface area contributed by atoms with Crippen LogP contribution in [0.1, 0.15) is 142 Å². The van der Waals surface area contributed by atoms with Crippen LogP contribution in [-0.2, 0) is 27.9 Å². The van der Waals surface area contributed by atoms with E-state index in [1.807, 2.05) is 0 Å². The quantitative estimate of drug-likeness (QED) is 0.0306. The van der Waals surface area contributed by atoms with Gasteiger partial charge in [-0.25, -0.2) is 10.0 Å². The largest absolute Gasteiger partial charge is 0.472 e. The van der Waals surface area contributed by atoms with Crippen LogP contribution in [0.4, 0.5) is 0 Å². The molecule has 12 nitrogen and oxygen atoms in total.